The summed E-state index contributed by atoms with van der Waals surface area (Å²) in [6.45, 7) is 4.29. The second-order valence-electron chi connectivity index (χ2n) is 2.92. The molecule has 0 aromatic heterocycles. The van der Waals surface area contributed by atoms with E-state index in [0.717, 1.165) is 0 Å². The van der Waals surface area contributed by atoms with Crippen molar-refractivity contribution in [3.63, 3.8) is 0 Å². The van der Waals surface area contributed by atoms with Crippen LogP contribution in [0, 0.1) is 6.92 Å². The quantitative estimate of drug-likeness (QED) is 0.506. The Morgan fingerprint density at radius 2 is 1.90 bits per heavy atom. The van der Waals surface area contributed by atoms with Gasteiger partial charge in [0.1, 0.15) is 0 Å². The molecule has 0 saturated carbocycles. The van der Waals surface area contributed by atoms with Gasteiger partial charge in [0.15, 0.2) is 0 Å². The summed E-state index contributed by atoms with van der Waals surface area (Å²) in [6, 6.07) is 6.57. The van der Waals surface area contributed by atoms with E-state index in [4.69, 9.17) is 0 Å². The third-order valence-corrected chi connectivity index (χ3v) is 2.01. The summed E-state index contributed by atoms with van der Waals surface area (Å²) in [5, 5.41) is 0. The van der Waals surface area contributed by atoms with Gasteiger partial charge in [-0.3, -0.25) is 0 Å². The van der Waals surface area contributed by atoms with Gasteiger partial charge in [-0.05, 0) is 30.5 Å². The van der Waals surface area contributed by atoms with Crippen molar-refractivity contribution in [3.05, 3.63) is 34.9 Å². The average molecular weight is 130 g/mol. The molecule has 0 atom stereocenters. The minimum Gasteiger partial charge on any atom is -0.0587 e. The maximum absolute atomic E-state index is 2.24. The lowest BCUT2D eigenvalue weighted by Crippen LogP contribution is -1.95. The van der Waals surface area contributed by atoms with E-state index in [2.05, 4.69) is 38.1 Å². The molecule has 0 saturated heterocycles. The van der Waals surface area contributed by atoms with Crippen LogP contribution in [0.4, 0.5) is 0 Å². The standard InChI is InChI=1S/C10H10/c1-7-3-4-9-6-8(2)10(9)5-7/h3-6H,1-2H3. The Kier molecular flexibility index (Phi) is 0.986. The second kappa shape index (κ2) is 1.72. The van der Waals surface area contributed by atoms with Crippen molar-refractivity contribution < 1.29 is 0 Å². The summed E-state index contributed by atoms with van der Waals surface area (Å²) >= 11 is 0. The predicted octanol–water partition coefficient (Wildman–Crippen LogP) is 2.87. The van der Waals surface area contributed by atoms with Gasteiger partial charge in [0.25, 0.3) is 0 Å². The summed E-state index contributed by atoms with van der Waals surface area (Å²) in [5.74, 6) is 0. The third-order valence-electron chi connectivity index (χ3n) is 2.01. The van der Waals surface area contributed by atoms with E-state index < -0.39 is 0 Å². The van der Waals surface area contributed by atoms with Crippen molar-refractivity contribution >= 4 is 11.6 Å². The summed E-state index contributed by atoms with van der Waals surface area (Å²) in [4.78, 5) is 0. The molecule has 0 heteroatoms. The lowest BCUT2D eigenvalue weighted by atomic mass is 9.89. The zero-order chi connectivity index (χ0) is 7.14. The fraction of sp³-hybridized carbons (Fsp3) is 0.200. The first-order valence-electron chi connectivity index (χ1n) is 3.57. The molecular weight excluding hydrogens is 120 g/mol. The Bertz CT molecular complexity index is 306. The van der Waals surface area contributed by atoms with E-state index in [1.807, 2.05) is 0 Å². The lowest BCUT2D eigenvalue weighted by molar-refractivity contribution is 1.40. The van der Waals surface area contributed by atoms with Gasteiger partial charge in [0.2, 0.25) is 0 Å². The SMILES string of the molecule is CC1=Cc2ccc(C)cc21. The molecule has 0 nitrogen and oxygen atoms in total. The van der Waals surface area contributed by atoms with E-state index in [1.165, 1.54) is 22.3 Å². The van der Waals surface area contributed by atoms with Gasteiger partial charge in [-0.15, -0.1) is 0 Å². The number of benzene rings is 1. The number of fused-ring (bicyclic) bond motifs is 1. The van der Waals surface area contributed by atoms with Crippen LogP contribution in [0.25, 0.3) is 11.6 Å². The Balaban J connectivity index is 2.58. The molecule has 0 aliphatic heterocycles. The average Bonchev–Trinajstić information content (AvgIpc) is 1.92. The third kappa shape index (κ3) is 0.621. The monoisotopic (exact) mass is 130 g/mol. The zero-order valence-corrected chi connectivity index (χ0v) is 6.31. The van der Waals surface area contributed by atoms with Gasteiger partial charge in [0.05, 0.1) is 0 Å². The molecular formula is C10H10. The van der Waals surface area contributed by atoms with Gasteiger partial charge in [-0.25, -0.2) is 0 Å². The largest absolute Gasteiger partial charge is 0.0587 e. The van der Waals surface area contributed by atoms with Gasteiger partial charge in [-0.1, -0.05) is 29.8 Å². The maximum atomic E-state index is 2.24. The van der Waals surface area contributed by atoms with Gasteiger partial charge in [-0.2, -0.15) is 0 Å². The molecule has 0 N–H and O–H groups in total. The molecule has 0 heterocycles. The smallest absolute Gasteiger partial charge is 0.0152 e. The zero-order valence-electron chi connectivity index (χ0n) is 6.31. The normalized spacial score (nSPS) is 13.6. The van der Waals surface area contributed by atoms with Crippen LogP contribution in [0.2, 0.25) is 0 Å². The number of aryl methyl sites for hydroxylation is 1. The van der Waals surface area contributed by atoms with Crippen LogP contribution in [0.15, 0.2) is 18.2 Å². The molecule has 0 amide bonds. The highest BCUT2D eigenvalue weighted by Gasteiger charge is 2.10. The lowest BCUT2D eigenvalue weighted by Gasteiger charge is -2.16. The molecule has 1 aliphatic rings. The number of hydrogen-bond donors (Lipinski definition) is 0. The van der Waals surface area contributed by atoms with Crippen LogP contribution in [0.1, 0.15) is 23.6 Å². The van der Waals surface area contributed by atoms with Crippen LogP contribution in [0.3, 0.4) is 0 Å². The van der Waals surface area contributed by atoms with Crippen LogP contribution < -0.4 is 0 Å². The fourth-order valence-electron chi connectivity index (χ4n) is 1.37. The van der Waals surface area contributed by atoms with Crippen molar-refractivity contribution in [2.45, 2.75) is 13.8 Å². The molecule has 0 bridgehead atoms. The molecule has 0 fully saturated rings. The van der Waals surface area contributed by atoms with E-state index in [1.54, 1.807) is 0 Å². The molecule has 1 aromatic carbocycles. The van der Waals surface area contributed by atoms with E-state index in [9.17, 15) is 0 Å². The van der Waals surface area contributed by atoms with Crippen molar-refractivity contribution in [3.8, 4) is 0 Å². The van der Waals surface area contributed by atoms with Crippen LogP contribution in [0.5, 0.6) is 0 Å². The molecule has 10 heavy (non-hydrogen) atoms. The van der Waals surface area contributed by atoms with Crippen molar-refractivity contribution in [2.75, 3.05) is 0 Å². The number of allylic oxidation sites excluding steroid dienone is 1. The second-order valence-corrected chi connectivity index (χ2v) is 2.92. The topological polar surface area (TPSA) is 0 Å². The molecule has 0 spiro atoms. The van der Waals surface area contributed by atoms with E-state index in [-0.39, 0.29) is 0 Å². The Morgan fingerprint density at radius 1 is 1.10 bits per heavy atom. The number of hydrogen-bond acceptors (Lipinski definition) is 0. The van der Waals surface area contributed by atoms with Crippen LogP contribution in [-0.4, -0.2) is 0 Å². The van der Waals surface area contributed by atoms with Crippen LogP contribution in [-0.2, 0) is 0 Å². The van der Waals surface area contributed by atoms with Crippen LogP contribution >= 0.6 is 0 Å². The predicted molar refractivity (Wildman–Crippen MR) is 44.7 cm³/mol. The molecule has 0 radical (unpaired) electrons. The summed E-state index contributed by atoms with van der Waals surface area (Å²) in [5.41, 5.74) is 5.59. The highest BCUT2D eigenvalue weighted by Crippen LogP contribution is 2.31. The highest BCUT2D eigenvalue weighted by molar-refractivity contribution is 5.94. The molecule has 2 rings (SSSR count). The highest BCUT2D eigenvalue weighted by atomic mass is 14.1. The Labute approximate surface area is 61.2 Å². The molecule has 1 aliphatic carbocycles. The summed E-state index contributed by atoms with van der Waals surface area (Å²) in [7, 11) is 0. The van der Waals surface area contributed by atoms with Crippen molar-refractivity contribution in [1.82, 2.24) is 0 Å². The summed E-state index contributed by atoms with van der Waals surface area (Å²) in [6.07, 6.45) is 2.22. The van der Waals surface area contributed by atoms with Gasteiger partial charge >= 0.3 is 0 Å². The molecule has 1 aromatic rings. The molecule has 0 unspecified atom stereocenters. The number of rotatable bonds is 0. The minimum absolute atomic E-state index is 1.35. The minimum atomic E-state index is 1.35. The summed E-state index contributed by atoms with van der Waals surface area (Å²) < 4.78 is 0. The fourth-order valence-corrected chi connectivity index (χ4v) is 1.37. The van der Waals surface area contributed by atoms with Gasteiger partial charge in [0, 0.05) is 0 Å². The Hall–Kier alpha value is -1.04. The van der Waals surface area contributed by atoms with E-state index in [0.29, 0.717) is 0 Å². The van der Waals surface area contributed by atoms with E-state index >= 15 is 0 Å². The van der Waals surface area contributed by atoms with Gasteiger partial charge < -0.3 is 0 Å². The first kappa shape index (κ1) is 5.72. The first-order chi connectivity index (χ1) is 4.77. The van der Waals surface area contributed by atoms with Crippen molar-refractivity contribution in [2.24, 2.45) is 0 Å². The molecule has 50 valence electrons. The maximum Gasteiger partial charge on any atom is -0.0152 e. The Morgan fingerprint density at radius 3 is 2.50 bits per heavy atom. The first-order valence-corrected chi connectivity index (χ1v) is 3.57. The van der Waals surface area contributed by atoms with Crippen molar-refractivity contribution in [1.29, 1.82) is 0 Å².